The highest BCUT2D eigenvalue weighted by atomic mass is 127. The Balaban J connectivity index is 1.97. The van der Waals surface area contributed by atoms with E-state index in [1.807, 2.05) is 42.5 Å². The molecule has 112 valence electrons. The number of nitrogens with two attached hydrogens (primary N) is 1. The molecule has 1 aliphatic rings. The molecule has 0 atom stereocenters. The zero-order valence-corrected chi connectivity index (χ0v) is 14.5. The lowest BCUT2D eigenvalue weighted by Gasteiger charge is -2.18. The lowest BCUT2D eigenvalue weighted by atomic mass is 9.88. The second-order valence-corrected chi connectivity index (χ2v) is 6.58. The van der Waals surface area contributed by atoms with Crippen LogP contribution in [0.4, 0.5) is 0 Å². The van der Waals surface area contributed by atoms with Crippen molar-refractivity contribution in [2.75, 3.05) is 6.54 Å². The van der Waals surface area contributed by atoms with E-state index < -0.39 is 0 Å². The van der Waals surface area contributed by atoms with E-state index in [0.29, 0.717) is 12.4 Å². The maximum absolute atomic E-state index is 12.7. The number of carbonyl (C=O) groups is 1. The Morgan fingerprint density at radius 1 is 1.23 bits per heavy atom. The summed E-state index contributed by atoms with van der Waals surface area (Å²) in [7, 11) is 0. The van der Waals surface area contributed by atoms with Gasteiger partial charge in [-0.3, -0.25) is 4.79 Å². The van der Waals surface area contributed by atoms with Gasteiger partial charge in [0.05, 0.1) is 0 Å². The first-order chi connectivity index (χ1) is 10.6. The minimum Gasteiger partial charge on any atom is -0.385 e. The van der Waals surface area contributed by atoms with Gasteiger partial charge in [-0.25, -0.2) is 0 Å². The molecular weight excluding hydrogens is 387 g/mol. The van der Waals surface area contributed by atoms with E-state index in [9.17, 15) is 4.79 Å². The topological polar surface area (TPSA) is 55.1 Å². The fourth-order valence-corrected chi connectivity index (χ4v) is 2.90. The third-order valence-electron chi connectivity index (χ3n) is 3.87. The van der Waals surface area contributed by atoms with Crippen molar-refractivity contribution >= 4 is 45.2 Å². The number of Topliss-reactive ketones (excluding diaryl/α,β-unsaturated/α-hetero) is 1. The predicted octanol–water partition coefficient (Wildman–Crippen LogP) is 3.98. The van der Waals surface area contributed by atoms with Crippen molar-refractivity contribution in [3.63, 3.8) is 0 Å². The third kappa shape index (κ3) is 2.63. The lowest BCUT2D eigenvalue weighted by Crippen LogP contribution is -2.26. The molecule has 22 heavy (non-hydrogen) atoms. The van der Waals surface area contributed by atoms with Crippen molar-refractivity contribution < 1.29 is 4.79 Å². The Morgan fingerprint density at radius 2 is 1.95 bits per heavy atom. The first-order valence-corrected chi connectivity index (χ1v) is 8.34. The Labute approximate surface area is 143 Å². The molecule has 0 aromatic heterocycles. The molecule has 0 heterocycles. The van der Waals surface area contributed by atoms with E-state index in [1.165, 1.54) is 0 Å². The Hall–Kier alpha value is -1.82. The van der Waals surface area contributed by atoms with Gasteiger partial charge in [0.25, 0.3) is 0 Å². The first kappa shape index (κ1) is 15.1. The molecule has 4 heteroatoms. The first-order valence-electron chi connectivity index (χ1n) is 7.26. The zero-order chi connectivity index (χ0) is 15.7. The highest BCUT2D eigenvalue weighted by Gasteiger charge is 2.21. The molecule has 3 rings (SSSR count). The molecule has 0 fully saturated rings. The molecule has 0 radical (unpaired) electrons. The van der Waals surface area contributed by atoms with Crippen LogP contribution in [0.2, 0.25) is 0 Å². The number of carbonyl (C=O) groups excluding carboxylic acids is 1. The Bertz CT molecular complexity index is 816. The molecule has 0 aliphatic heterocycles. The smallest absolute Gasteiger partial charge is 0.191 e. The average molecular weight is 404 g/mol. The van der Waals surface area contributed by atoms with Gasteiger partial charge in [0.15, 0.2) is 5.78 Å². The van der Waals surface area contributed by atoms with Crippen molar-refractivity contribution in [1.29, 1.82) is 0 Å². The second-order valence-electron chi connectivity index (χ2n) is 5.28. The van der Waals surface area contributed by atoms with Crippen LogP contribution in [-0.2, 0) is 0 Å². The van der Waals surface area contributed by atoms with E-state index in [0.717, 1.165) is 37.5 Å². The maximum Gasteiger partial charge on any atom is 0.191 e. The highest BCUT2D eigenvalue weighted by Crippen LogP contribution is 2.31. The van der Waals surface area contributed by atoms with Gasteiger partial charge in [-0.15, -0.1) is 0 Å². The molecular formula is C18H17IN2O. The SMILES string of the molecule is CC/C(I)=C(\N)NCC1=Cc2cccc3cccc(c23)C1=O. The summed E-state index contributed by atoms with van der Waals surface area (Å²) < 4.78 is 1.07. The minimum absolute atomic E-state index is 0.0797. The van der Waals surface area contributed by atoms with Gasteiger partial charge < -0.3 is 11.1 Å². The summed E-state index contributed by atoms with van der Waals surface area (Å²) >= 11 is 2.22. The van der Waals surface area contributed by atoms with Crippen molar-refractivity contribution in [3.8, 4) is 0 Å². The van der Waals surface area contributed by atoms with Crippen molar-refractivity contribution in [3.05, 3.63) is 62.5 Å². The molecule has 1 aliphatic carbocycles. The quantitative estimate of drug-likeness (QED) is 0.759. The molecule has 0 amide bonds. The molecule has 3 N–H and O–H groups in total. The van der Waals surface area contributed by atoms with Gasteiger partial charge in [0.1, 0.15) is 5.82 Å². The summed E-state index contributed by atoms with van der Waals surface area (Å²) in [4.78, 5) is 12.7. The molecule has 0 spiro atoms. The van der Waals surface area contributed by atoms with Crippen LogP contribution in [0, 0.1) is 0 Å². The molecule has 2 aromatic rings. The lowest BCUT2D eigenvalue weighted by molar-refractivity contribution is 0.103. The van der Waals surface area contributed by atoms with Crippen LogP contribution in [0.25, 0.3) is 16.8 Å². The molecule has 3 nitrogen and oxygen atoms in total. The third-order valence-corrected chi connectivity index (χ3v) is 5.22. The fraction of sp³-hybridized carbons (Fsp3) is 0.167. The van der Waals surface area contributed by atoms with Gasteiger partial charge in [-0.05, 0) is 46.0 Å². The van der Waals surface area contributed by atoms with E-state index in [4.69, 9.17) is 5.73 Å². The minimum atomic E-state index is 0.0797. The number of allylic oxidation sites excluding steroid dienone is 1. The van der Waals surface area contributed by atoms with Gasteiger partial charge >= 0.3 is 0 Å². The van der Waals surface area contributed by atoms with Gasteiger partial charge in [-0.1, -0.05) is 43.3 Å². The van der Waals surface area contributed by atoms with Crippen LogP contribution in [-0.4, -0.2) is 12.3 Å². The molecule has 2 aromatic carbocycles. The van der Waals surface area contributed by atoms with Crippen molar-refractivity contribution in [1.82, 2.24) is 5.32 Å². The van der Waals surface area contributed by atoms with Crippen LogP contribution in [0.3, 0.4) is 0 Å². The highest BCUT2D eigenvalue weighted by molar-refractivity contribution is 14.1. The summed E-state index contributed by atoms with van der Waals surface area (Å²) in [5.74, 6) is 0.727. The summed E-state index contributed by atoms with van der Waals surface area (Å²) in [5, 5.41) is 5.31. The van der Waals surface area contributed by atoms with Gasteiger partial charge in [0.2, 0.25) is 0 Å². The van der Waals surface area contributed by atoms with Crippen LogP contribution < -0.4 is 11.1 Å². The zero-order valence-electron chi connectivity index (χ0n) is 12.3. The standard InChI is InChI=1S/C18H17IN2O/c1-2-15(19)18(20)21-10-13-9-12-7-3-5-11-6-4-8-14(16(11)12)17(13)22/h3-9,21H,2,10,20H2,1H3/b18-15-. The Kier molecular flexibility index (Phi) is 4.20. The predicted molar refractivity (Wildman–Crippen MR) is 99.8 cm³/mol. The fourth-order valence-electron chi connectivity index (χ4n) is 2.71. The summed E-state index contributed by atoms with van der Waals surface area (Å²) in [6.07, 6.45) is 2.85. The molecule has 0 saturated heterocycles. The van der Waals surface area contributed by atoms with Crippen molar-refractivity contribution in [2.24, 2.45) is 5.73 Å². The number of rotatable bonds is 4. The largest absolute Gasteiger partial charge is 0.385 e. The number of halogens is 1. The van der Waals surface area contributed by atoms with E-state index in [-0.39, 0.29) is 5.78 Å². The van der Waals surface area contributed by atoms with Gasteiger partial charge in [-0.2, -0.15) is 0 Å². The number of benzene rings is 2. The summed E-state index contributed by atoms with van der Waals surface area (Å²) in [5.41, 5.74) is 8.60. The van der Waals surface area contributed by atoms with Gasteiger partial charge in [0, 0.05) is 26.6 Å². The Morgan fingerprint density at radius 3 is 2.68 bits per heavy atom. The maximum atomic E-state index is 12.7. The summed E-state index contributed by atoms with van der Waals surface area (Å²) in [6, 6.07) is 12.0. The summed E-state index contributed by atoms with van der Waals surface area (Å²) in [6.45, 7) is 2.50. The van der Waals surface area contributed by atoms with Crippen LogP contribution in [0.1, 0.15) is 29.3 Å². The molecule has 0 saturated carbocycles. The normalized spacial score (nSPS) is 14.6. The molecule has 0 bridgehead atoms. The van der Waals surface area contributed by atoms with Crippen molar-refractivity contribution in [2.45, 2.75) is 13.3 Å². The molecule has 0 unspecified atom stereocenters. The second kappa shape index (κ2) is 6.12. The number of ketones is 1. The van der Waals surface area contributed by atoms with E-state index in [2.05, 4.69) is 34.8 Å². The number of hydrogen-bond donors (Lipinski definition) is 2. The van der Waals surface area contributed by atoms with Crippen LogP contribution in [0.5, 0.6) is 0 Å². The van der Waals surface area contributed by atoms with E-state index >= 15 is 0 Å². The number of nitrogens with one attached hydrogen (secondary N) is 1. The average Bonchev–Trinajstić information content (AvgIpc) is 2.55. The van der Waals surface area contributed by atoms with E-state index in [1.54, 1.807) is 0 Å². The number of hydrogen-bond acceptors (Lipinski definition) is 3. The van der Waals surface area contributed by atoms with Crippen LogP contribution >= 0.6 is 22.6 Å². The monoisotopic (exact) mass is 404 g/mol. The van der Waals surface area contributed by atoms with Crippen LogP contribution in [0.15, 0.2) is 51.4 Å².